The molecule has 0 bridgehead atoms. The highest BCUT2D eigenvalue weighted by molar-refractivity contribution is 5.93. The number of anilines is 1. The summed E-state index contributed by atoms with van der Waals surface area (Å²) >= 11 is 0. The predicted molar refractivity (Wildman–Crippen MR) is 89.5 cm³/mol. The summed E-state index contributed by atoms with van der Waals surface area (Å²) in [4.78, 5) is 11.4. The maximum atomic E-state index is 4.67. The monoisotopic (exact) mass is 298 g/mol. The molecular formula is C16H22N6. The van der Waals surface area contributed by atoms with E-state index in [4.69, 9.17) is 0 Å². The molecule has 3 heterocycles. The normalized spacial score (nSPS) is 11.7. The smallest absolute Gasteiger partial charge is 0.184 e. The van der Waals surface area contributed by atoms with Crippen molar-refractivity contribution in [3.8, 4) is 0 Å². The van der Waals surface area contributed by atoms with E-state index in [2.05, 4.69) is 52.4 Å². The Labute approximate surface area is 130 Å². The van der Waals surface area contributed by atoms with Gasteiger partial charge in [0.05, 0.1) is 5.39 Å². The van der Waals surface area contributed by atoms with Gasteiger partial charge in [-0.1, -0.05) is 0 Å². The van der Waals surface area contributed by atoms with Crippen LogP contribution in [-0.4, -0.2) is 51.7 Å². The van der Waals surface area contributed by atoms with Gasteiger partial charge in [-0.05, 0) is 46.5 Å². The predicted octanol–water partition coefficient (Wildman–Crippen LogP) is 2.18. The molecule has 0 spiro atoms. The lowest BCUT2D eigenvalue weighted by molar-refractivity contribution is 0.425. The van der Waals surface area contributed by atoms with Crippen LogP contribution in [0, 0.1) is 20.8 Å². The molecule has 0 aromatic carbocycles. The molecule has 22 heavy (non-hydrogen) atoms. The van der Waals surface area contributed by atoms with Crippen LogP contribution in [-0.2, 0) is 0 Å². The number of aromatic nitrogens is 4. The molecule has 0 saturated carbocycles. The summed E-state index contributed by atoms with van der Waals surface area (Å²) in [6, 6.07) is 4.10. The van der Waals surface area contributed by atoms with Crippen molar-refractivity contribution < 1.29 is 0 Å². The molecule has 0 atom stereocenters. The molecule has 6 heteroatoms. The van der Waals surface area contributed by atoms with E-state index in [1.54, 1.807) is 0 Å². The first-order chi connectivity index (χ1) is 10.5. The molecule has 0 amide bonds. The van der Waals surface area contributed by atoms with E-state index >= 15 is 0 Å². The van der Waals surface area contributed by atoms with Gasteiger partial charge in [0.1, 0.15) is 5.82 Å². The largest absolute Gasteiger partial charge is 0.369 e. The van der Waals surface area contributed by atoms with Crippen LogP contribution in [0.4, 0.5) is 5.82 Å². The molecule has 0 fully saturated rings. The third-order valence-electron chi connectivity index (χ3n) is 3.67. The van der Waals surface area contributed by atoms with E-state index in [-0.39, 0.29) is 0 Å². The van der Waals surface area contributed by atoms with E-state index in [1.165, 1.54) is 0 Å². The van der Waals surface area contributed by atoms with Crippen molar-refractivity contribution in [1.29, 1.82) is 0 Å². The molecule has 116 valence electrons. The van der Waals surface area contributed by atoms with Crippen LogP contribution in [0.25, 0.3) is 16.7 Å². The minimum absolute atomic E-state index is 0.756. The van der Waals surface area contributed by atoms with Crippen molar-refractivity contribution >= 4 is 22.5 Å². The summed E-state index contributed by atoms with van der Waals surface area (Å²) in [5.74, 6) is 0.958. The number of fused-ring (bicyclic) bond motifs is 3. The molecule has 0 radical (unpaired) electrons. The minimum atomic E-state index is 0.756. The van der Waals surface area contributed by atoms with Crippen LogP contribution in [0.5, 0.6) is 0 Å². The van der Waals surface area contributed by atoms with Gasteiger partial charge in [0, 0.05) is 30.5 Å². The zero-order chi connectivity index (χ0) is 15.9. The van der Waals surface area contributed by atoms with Crippen molar-refractivity contribution in [2.45, 2.75) is 20.8 Å². The van der Waals surface area contributed by atoms with Gasteiger partial charge in [-0.15, -0.1) is 5.10 Å². The third kappa shape index (κ3) is 2.62. The van der Waals surface area contributed by atoms with E-state index < -0.39 is 0 Å². The second kappa shape index (κ2) is 5.53. The van der Waals surface area contributed by atoms with Crippen LogP contribution in [0.1, 0.15) is 17.0 Å². The summed E-state index contributed by atoms with van der Waals surface area (Å²) in [5, 5.41) is 9.12. The molecule has 3 rings (SSSR count). The Kier molecular flexibility index (Phi) is 3.70. The number of nitrogens with one attached hydrogen (secondary N) is 1. The number of likely N-dealkylation sites (N-methyl/N-ethyl adjacent to an activating group) is 1. The fraction of sp³-hybridized carbons (Fsp3) is 0.438. The van der Waals surface area contributed by atoms with Crippen molar-refractivity contribution in [3.05, 3.63) is 29.1 Å². The van der Waals surface area contributed by atoms with Gasteiger partial charge in [0.25, 0.3) is 0 Å². The zero-order valence-electron chi connectivity index (χ0n) is 13.8. The maximum Gasteiger partial charge on any atom is 0.184 e. The topological polar surface area (TPSA) is 58.4 Å². The molecule has 0 aliphatic rings. The Hall–Kier alpha value is -2.21. The minimum Gasteiger partial charge on any atom is -0.369 e. The first kappa shape index (κ1) is 14.7. The van der Waals surface area contributed by atoms with E-state index in [9.17, 15) is 0 Å². The molecule has 3 aromatic rings. The molecule has 0 saturated heterocycles. The fourth-order valence-electron chi connectivity index (χ4n) is 2.68. The van der Waals surface area contributed by atoms with Gasteiger partial charge in [0.2, 0.25) is 0 Å². The Morgan fingerprint density at radius 3 is 2.55 bits per heavy atom. The number of pyridine rings is 1. The van der Waals surface area contributed by atoms with Gasteiger partial charge in [-0.25, -0.2) is 9.97 Å². The molecule has 0 aliphatic heterocycles. The molecule has 0 aliphatic carbocycles. The average molecular weight is 298 g/mol. The Bertz CT molecular complexity index is 834. The van der Waals surface area contributed by atoms with Crippen molar-refractivity contribution in [2.24, 2.45) is 0 Å². The first-order valence-electron chi connectivity index (χ1n) is 7.48. The van der Waals surface area contributed by atoms with Gasteiger partial charge < -0.3 is 10.2 Å². The Morgan fingerprint density at radius 2 is 1.82 bits per heavy atom. The third-order valence-corrected chi connectivity index (χ3v) is 3.67. The standard InChI is InChI=1S/C16H22N6/c1-10-8-11(2)18-15-14(10)16-19-12(3)9-13(22(16)20-15)17-6-7-21(4)5/h8-9,17H,6-7H2,1-5H3. The van der Waals surface area contributed by atoms with Gasteiger partial charge in [-0.2, -0.15) is 4.52 Å². The number of hydrogen-bond acceptors (Lipinski definition) is 5. The SMILES string of the molecule is Cc1cc(C)c2c(n1)nn1c(NCCN(C)C)cc(C)nc21. The lowest BCUT2D eigenvalue weighted by Crippen LogP contribution is -2.21. The van der Waals surface area contributed by atoms with Crippen LogP contribution < -0.4 is 5.32 Å². The molecule has 6 nitrogen and oxygen atoms in total. The zero-order valence-corrected chi connectivity index (χ0v) is 13.8. The molecule has 1 N–H and O–H groups in total. The van der Waals surface area contributed by atoms with Crippen LogP contribution in [0.2, 0.25) is 0 Å². The summed E-state index contributed by atoms with van der Waals surface area (Å²) in [5.41, 5.74) is 4.74. The molecule has 0 unspecified atom stereocenters. The maximum absolute atomic E-state index is 4.67. The van der Waals surface area contributed by atoms with Gasteiger partial charge in [0.15, 0.2) is 11.3 Å². The van der Waals surface area contributed by atoms with Crippen molar-refractivity contribution in [3.63, 3.8) is 0 Å². The quantitative estimate of drug-likeness (QED) is 0.800. The highest BCUT2D eigenvalue weighted by Crippen LogP contribution is 2.24. The van der Waals surface area contributed by atoms with Crippen molar-refractivity contribution in [1.82, 2.24) is 24.5 Å². The lowest BCUT2D eigenvalue weighted by atomic mass is 10.2. The highest BCUT2D eigenvalue weighted by Gasteiger charge is 2.14. The van der Waals surface area contributed by atoms with E-state index in [0.29, 0.717) is 0 Å². The van der Waals surface area contributed by atoms with E-state index in [0.717, 1.165) is 52.5 Å². The summed E-state index contributed by atoms with van der Waals surface area (Å²) in [7, 11) is 4.13. The number of rotatable bonds is 4. The molecule has 3 aromatic heterocycles. The van der Waals surface area contributed by atoms with Gasteiger partial charge >= 0.3 is 0 Å². The second-order valence-corrected chi connectivity index (χ2v) is 6.03. The summed E-state index contributed by atoms with van der Waals surface area (Å²) < 4.78 is 1.87. The van der Waals surface area contributed by atoms with Crippen LogP contribution in [0.3, 0.4) is 0 Å². The summed E-state index contributed by atoms with van der Waals surface area (Å²) in [6.45, 7) is 7.90. The molecular weight excluding hydrogens is 276 g/mol. The fourth-order valence-corrected chi connectivity index (χ4v) is 2.68. The van der Waals surface area contributed by atoms with Gasteiger partial charge in [-0.3, -0.25) is 0 Å². The number of aryl methyl sites for hydroxylation is 3. The van der Waals surface area contributed by atoms with E-state index in [1.807, 2.05) is 24.4 Å². The number of nitrogens with zero attached hydrogens (tertiary/aromatic N) is 5. The van der Waals surface area contributed by atoms with Crippen LogP contribution in [0.15, 0.2) is 12.1 Å². The lowest BCUT2D eigenvalue weighted by Gasteiger charge is -2.12. The first-order valence-corrected chi connectivity index (χ1v) is 7.48. The second-order valence-electron chi connectivity index (χ2n) is 6.03. The van der Waals surface area contributed by atoms with Crippen molar-refractivity contribution in [2.75, 3.05) is 32.5 Å². The average Bonchev–Trinajstić information content (AvgIpc) is 2.76. The van der Waals surface area contributed by atoms with Crippen LogP contribution >= 0.6 is 0 Å². The number of hydrogen-bond donors (Lipinski definition) is 1. The Morgan fingerprint density at radius 1 is 1.09 bits per heavy atom. The highest BCUT2D eigenvalue weighted by atomic mass is 15.3. The summed E-state index contributed by atoms with van der Waals surface area (Å²) in [6.07, 6.45) is 0. The Balaban J connectivity index is 2.15.